The molecule has 1 atom stereocenters. The van der Waals surface area contributed by atoms with Gasteiger partial charge in [0.15, 0.2) is 0 Å². The van der Waals surface area contributed by atoms with Gasteiger partial charge in [-0.2, -0.15) is 6.07 Å². The Hall–Kier alpha value is 0.523. The predicted molar refractivity (Wildman–Crippen MR) is 44.2 cm³/mol. The van der Waals surface area contributed by atoms with Crippen molar-refractivity contribution in [1.29, 1.82) is 0 Å². The average Bonchev–Trinajstić information content (AvgIpc) is 1.91. The first-order valence-corrected chi connectivity index (χ1v) is 3.92. The first kappa shape index (κ1) is 18.3. The summed E-state index contributed by atoms with van der Waals surface area (Å²) in [5.74, 6) is 0.0197. The van der Waals surface area contributed by atoms with E-state index in [0.717, 1.165) is 0 Å². The van der Waals surface area contributed by atoms with Crippen LogP contribution in [0.1, 0.15) is 0 Å². The molecule has 0 spiro atoms. The zero-order chi connectivity index (χ0) is 7.98. The van der Waals surface area contributed by atoms with E-state index in [1.165, 1.54) is 18.2 Å². The molecular weight excluding hydrogens is 382 g/mol. The van der Waals surface area contributed by atoms with Gasteiger partial charge in [-0.25, -0.2) is 0 Å². The van der Waals surface area contributed by atoms with Crippen molar-refractivity contribution in [3.8, 4) is 11.5 Å². The summed E-state index contributed by atoms with van der Waals surface area (Å²) in [6.45, 7) is 1.92. The van der Waals surface area contributed by atoms with Gasteiger partial charge in [-0.1, -0.05) is 12.7 Å². The molecule has 0 aliphatic carbocycles. The predicted octanol–water partition coefficient (Wildman–Crippen LogP) is 1.38. The Labute approximate surface area is 101 Å². The Bertz CT molecular complexity index is 181. The SMILES string of the molecule is CP.Oc1[c-]ccc(O)c1.[V].[W]. The van der Waals surface area contributed by atoms with Crippen molar-refractivity contribution in [3.63, 3.8) is 0 Å². The molecule has 67 valence electrons. The van der Waals surface area contributed by atoms with Gasteiger partial charge in [0.25, 0.3) is 0 Å². The summed E-state index contributed by atoms with van der Waals surface area (Å²) in [7, 11) is 2.42. The zero-order valence-corrected chi connectivity index (χ0v) is 12.0. The van der Waals surface area contributed by atoms with Gasteiger partial charge in [0, 0.05) is 51.1 Å². The second-order valence-electron chi connectivity index (χ2n) is 1.43. The van der Waals surface area contributed by atoms with Gasteiger partial charge < -0.3 is 10.2 Å². The van der Waals surface area contributed by atoms with Crippen LogP contribution in [0.3, 0.4) is 0 Å². The number of rotatable bonds is 0. The quantitative estimate of drug-likeness (QED) is 0.518. The summed E-state index contributed by atoms with van der Waals surface area (Å²) in [4.78, 5) is 0. The number of hydrogen-bond donors (Lipinski definition) is 2. The molecule has 0 aliphatic heterocycles. The van der Waals surface area contributed by atoms with Crippen molar-refractivity contribution >= 4 is 9.24 Å². The van der Waals surface area contributed by atoms with Crippen LogP contribution in [0.2, 0.25) is 0 Å². The maximum Gasteiger partial charge on any atom is 0.0117 e. The molecule has 2 N–H and O–H groups in total. The van der Waals surface area contributed by atoms with Gasteiger partial charge in [-0.15, -0.1) is 21.4 Å². The number of phenols is 2. The Morgan fingerprint density at radius 1 is 1.33 bits per heavy atom. The van der Waals surface area contributed by atoms with Crippen molar-refractivity contribution in [2.45, 2.75) is 0 Å². The molecule has 1 radical (unpaired) electrons. The Kier molecular flexibility index (Phi) is 17.6. The first-order chi connectivity index (χ1) is 4.79. The van der Waals surface area contributed by atoms with Crippen LogP contribution in [0.5, 0.6) is 11.5 Å². The van der Waals surface area contributed by atoms with E-state index in [9.17, 15) is 0 Å². The minimum absolute atomic E-state index is 0. The second-order valence-corrected chi connectivity index (χ2v) is 1.43. The second kappa shape index (κ2) is 11.5. The Balaban J connectivity index is -0.000000189. The summed E-state index contributed by atoms with van der Waals surface area (Å²) in [5, 5.41) is 17.2. The first-order valence-electron chi connectivity index (χ1n) is 2.76. The van der Waals surface area contributed by atoms with E-state index in [0.29, 0.717) is 0 Å². The third-order valence-corrected chi connectivity index (χ3v) is 0.770. The molecule has 1 unspecified atom stereocenters. The van der Waals surface area contributed by atoms with Gasteiger partial charge in [0.05, 0.1) is 0 Å². The van der Waals surface area contributed by atoms with Crippen LogP contribution in [0.4, 0.5) is 0 Å². The molecule has 0 amide bonds. The fourth-order valence-corrected chi connectivity index (χ4v) is 0.442. The van der Waals surface area contributed by atoms with Gasteiger partial charge >= 0.3 is 0 Å². The van der Waals surface area contributed by atoms with Crippen molar-refractivity contribution in [2.24, 2.45) is 0 Å². The number of aromatic hydroxyl groups is 2. The summed E-state index contributed by atoms with van der Waals surface area (Å²) in [6, 6.07) is 6.58. The number of benzene rings is 1. The molecule has 1 aromatic carbocycles. The summed E-state index contributed by atoms with van der Waals surface area (Å²) >= 11 is 0. The Morgan fingerprint density at radius 3 is 2.08 bits per heavy atom. The van der Waals surface area contributed by atoms with Crippen LogP contribution in [0.25, 0.3) is 0 Å². The van der Waals surface area contributed by atoms with E-state index in [2.05, 4.69) is 15.3 Å². The van der Waals surface area contributed by atoms with Crippen molar-refractivity contribution in [3.05, 3.63) is 24.3 Å². The largest absolute Gasteiger partial charge is 0.534 e. The van der Waals surface area contributed by atoms with E-state index >= 15 is 0 Å². The molecule has 0 heterocycles. The zero-order valence-electron chi connectivity index (χ0n) is 6.56. The minimum atomic E-state index is -0.0370. The molecule has 0 saturated carbocycles. The van der Waals surface area contributed by atoms with Crippen LogP contribution in [0.15, 0.2) is 18.2 Å². The summed E-state index contributed by atoms with van der Waals surface area (Å²) in [5.41, 5.74) is 0. The van der Waals surface area contributed by atoms with Crippen LogP contribution in [-0.4, -0.2) is 16.9 Å². The fourth-order valence-electron chi connectivity index (χ4n) is 0.442. The topological polar surface area (TPSA) is 40.5 Å². The third kappa shape index (κ3) is 8.62. The molecule has 0 aliphatic rings. The summed E-state index contributed by atoms with van der Waals surface area (Å²) in [6.07, 6.45) is 0. The van der Waals surface area contributed by atoms with Crippen LogP contribution < -0.4 is 0 Å². The average molecular weight is 392 g/mol. The Morgan fingerprint density at radius 2 is 1.83 bits per heavy atom. The smallest absolute Gasteiger partial charge is 0.0117 e. The van der Waals surface area contributed by atoms with Crippen LogP contribution in [0, 0.1) is 6.07 Å². The van der Waals surface area contributed by atoms with Crippen molar-refractivity contribution in [2.75, 3.05) is 6.66 Å². The molecule has 0 saturated heterocycles. The molecule has 0 bridgehead atoms. The van der Waals surface area contributed by atoms with Crippen LogP contribution in [-0.2, 0) is 39.6 Å². The van der Waals surface area contributed by atoms with E-state index in [4.69, 9.17) is 10.2 Å². The fraction of sp³-hybridized carbons (Fsp3) is 0.143. The third-order valence-electron chi connectivity index (χ3n) is 0.770. The van der Waals surface area contributed by atoms with Gasteiger partial charge in [0.2, 0.25) is 0 Å². The standard InChI is InChI=1S/C6H5O2.CH5P.V.W/c7-5-2-1-3-6(8)4-5;1-2;;/h1-2,4,7-8H;2H2,1H3;;/q-1;;;. The number of hydrogen-bond acceptors (Lipinski definition) is 2. The molecule has 0 fully saturated rings. The van der Waals surface area contributed by atoms with Gasteiger partial charge in [-0.3, -0.25) is 0 Å². The molecule has 5 heteroatoms. The number of phenolic OH excluding ortho intramolecular Hbond substituents is 2. The van der Waals surface area contributed by atoms with Crippen LogP contribution >= 0.6 is 9.24 Å². The van der Waals surface area contributed by atoms with Gasteiger partial charge in [-0.05, 0) is 0 Å². The van der Waals surface area contributed by atoms with Crippen molar-refractivity contribution in [1.82, 2.24) is 0 Å². The molecule has 1 rings (SSSR count). The van der Waals surface area contributed by atoms with E-state index < -0.39 is 0 Å². The van der Waals surface area contributed by atoms with Crippen molar-refractivity contribution < 1.29 is 49.8 Å². The monoisotopic (exact) mass is 392 g/mol. The molecule has 2 nitrogen and oxygen atoms in total. The normalized spacial score (nSPS) is 6.50. The molecule has 12 heavy (non-hydrogen) atoms. The molecule has 1 aromatic rings. The molecule has 0 aromatic heterocycles. The van der Waals surface area contributed by atoms with Gasteiger partial charge in [0.1, 0.15) is 0 Å². The minimum Gasteiger partial charge on any atom is -0.534 e. The van der Waals surface area contributed by atoms with E-state index in [1.807, 2.05) is 6.66 Å². The van der Waals surface area contributed by atoms with E-state index in [1.54, 1.807) is 0 Å². The maximum atomic E-state index is 8.63. The summed E-state index contributed by atoms with van der Waals surface area (Å²) < 4.78 is 0. The maximum absolute atomic E-state index is 8.63. The molecular formula is C7H10O2PVW-. The van der Waals surface area contributed by atoms with E-state index in [-0.39, 0.29) is 51.1 Å².